The van der Waals surface area contributed by atoms with Crippen molar-refractivity contribution in [3.63, 3.8) is 0 Å². The van der Waals surface area contributed by atoms with Crippen LogP contribution in [-0.4, -0.2) is 59.6 Å². The van der Waals surface area contributed by atoms with Crippen molar-refractivity contribution in [2.24, 2.45) is 0 Å². The number of carbonyl (C=O) groups excluding carboxylic acids is 1. The third-order valence-electron chi connectivity index (χ3n) is 3.82. The fourth-order valence-electron chi connectivity index (χ4n) is 2.46. The van der Waals surface area contributed by atoms with Crippen molar-refractivity contribution in [1.82, 2.24) is 14.9 Å². The molecule has 0 aliphatic carbocycles. The molecule has 25 heavy (non-hydrogen) atoms. The summed E-state index contributed by atoms with van der Waals surface area (Å²) in [6.45, 7) is 3.09. The summed E-state index contributed by atoms with van der Waals surface area (Å²) in [4.78, 5) is 14.1. The predicted octanol–water partition coefficient (Wildman–Crippen LogP) is 0.860. The van der Waals surface area contributed by atoms with Gasteiger partial charge in [-0.25, -0.2) is 13.1 Å². The molecule has 140 valence electrons. The predicted molar refractivity (Wildman–Crippen MR) is 99.6 cm³/mol. The van der Waals surface area contributed by atoms with Gasteiger partial charge >= 0.3 is 0 Å². The van der Waals surface area contributed by atoms with Gasteiger partial charge in [-0.15, -0.1) is 12.4 Å². The van der Waals surface area contributed by atoms with Crippen LogP contribution in [0.15, 0.2) is 29.2 Å². The summed E-state index contributed by atoms with van der Waals surface area (Å²) in [5, 5.41) is 3.24. The summed E-state index contributed by atoms with van der Waals surface area (Å²) in [5.74, 6) is 0.180. The molecule has 1 fully saturated rings. The number of hydrogen-bond acceptors (Lipinski definition) is 5. The minimum absolute atomic E-state index is 0. The molecule has 1 aliphatic heterocycles. The molecule has 7 nitrogen and oxygen atoms in total. The van der Waals surface area contributed by atoms with Gasteiger partial charge in [0.1, 0.15) is 10.6 Å². The smallest absolute Gasteiger partial charge is 0.246 e. The second-order valence-corrected chi connectivity index (χ2v) is 7.23. The van der Waals surface area contributed by atoms with Gasteiger partial charge in [-0.2, -0.15) is 0 Å². The van der Waals surface area contributed by atoms with E-state index in [1.165, 1.54) is 26.3 Å². The number of nitrogens with one attached hydrogen (secondary N) is 2. The zero-order chi connectivity index (χ0) is 17.6. The Bertz CT molecular complexity index is 714. The van der Waals surface area contributed by atoms with Crippen LogP contribution in [0.2, 0.25) is 0 Å². The van der Waals surface area contributed by atoms with Crippen molar-refractivity contribution in [3.8, 4) is 5.75 Å². The van der Waals surface area contributed by atoms with E-state index in [2.05, 4.69) is 10.0 Å². The number of halogens is 1. The summed E-state index contributed by atoms with van der Waals surface area (Å²) < 4.78 is 31.5. The number of amides is 1. The maximum Gasteiger partial charge on any atom is 0.246 e. The first kappa shape index (κ1) is 21.4. The Morgan fingerprint density at radius 3 is 2.76 bits per heavy atom. The quantitative estimate of drug-likeness (QED) is 0.729. The number of sulfonamides is 1. The highest BCUT2D eigenvalue weighted by Crippen LogP contribution is 2.25. The van der Waals surface area contributed by atoms with Crippen molar-refractivity contribution in [3.05, 3.63) is 29.8 Å². The van der Waals surface area contributed by atoms with Gasteiger partial charge in [0.15, 0.2) is 0 Å². The zero-order valence-electron chi connectivity index (χ0n) is 14.3. The SMILES string of the molecule is CNS(=O)(=O)c1cc(C=CC(=O)N2CCCNCC2)ccc1OC.Cl. The maximum absolute atomic E-state index is 12.2. The third-order valence-corrected chi connectivity index (χ3v) is 5.25. The molecule has 1 aromatic carbocycles. The monoisotopic (exact) mass is 389 g/mol. The first-order chi connectivity index (χ1) is 11.5. The molecule has 0 unspecified atom stereocenters. The molecule has 1 amide bonds. The summed E-state index contributed by atoms with van der Waals surface area (Å²) in [6, 6.07) is 4.77. The minimum Gasteiger partial charge on any atom is -0.495 e. The summed E-state index contributed by atoms with van der Waals surface area (Å²) in [7, 11) is -0.885. The second kappa shape index (κ2) is 9.76. The Labute approximate surface area is 154 Å². The third kappa shape index (κ3) is 5.71. The number of rotatable bonds is 5. The summed E-state index contributed by atoms with van der Waals surface area (Å²) in [6.07, 6.45) is 4.02. The highest BCUT2D eigenvalue weighted by atomic mass is 35.5. The molecule has 0 spiro atoms. The van der Waals surface area contributed by atoms with Crippen LogP contribution in [0.3, 0.4) is 0 Å². The molecule has 1 heterocycles. The molecule has 0 aromatic heterocycles. The standard InChI is InChI=1S/C16H23N3O4S.ClH/c1-17-24(21,22)15-12-13(4-6-14(15)23-2)5-7-16(20)19-10-3-8-18-9-11-19;/h4-7,12,17-18H,3,8-11H2,1-2H3;1H. The Kier molecular flexibility index (Phi) is 8.37. The van der Waals surface area contributed by atoms with Crippen molar-refractivity contribution in [1.29, 1.82) is 0 Å². The fourth-order valence-corrected chi connectivity index (χ4v) is 3.38. The van der Waals surface area contributed by atoms with Crippen LogP contribution in [0.5, 0.6) is 5.75 Å². The van der Waals surface area contributed by atoms with Gasteiger partial charge in [0.05, 0.1) is 7.11 Å². The molecule has 1 aliphatic rings. The van der Waals surface area contributed by atoms with E-state index in [0.717, 1.165) is 26.1 Å². The van der Waals surface area contributed by atoms with Crippen LogP contribution < -0.4 is 14.8 Å². The van der Waals surface area contributed by atoms with Gasteiger partial charge < -0.3 is 15.0 Å². The van der Waals surface area contributed by atoms with E-state index in [4.69, 9.17) is 4.74 Å². The van der Waals surface area contributed by atoms with Crippen LogP contribution in [0.1, 0.15) is 12.0 Å². The lowest BCUT2D eigenvalue weighted by atomic mass is 10.2. The number of carbonyl (C=O) groups is 1. The van der Waals surface area contributed by atoms with E-state index < -0.39 is 10.0 Å². The van der Waals surface area contributed by atoms with Crippen LogP contribution in [0, 0.1) is 0 Å². The molecule has 0 saturated carbocycles. The summed E-state index contributed by atoms with van der Waals surface area (Å²) >= 11 is 0. The maximum atomic E-state index is 12.2. The normalized spacial score (nSPS) is 15.5. The van der Waals surface area contributed by atoms with E-state index in [9.17, 15) is 13.2 Å². The molecular weight excluding hydrogens is 366 g/mol. The lowest BCUT2D eigenvalue weighted by molar-refractivity contribution is -0.125. The lowest BCUT2D eigenvalue weighted by Gasteiger charge is -2.17. The highest BCUT2D eigenvalue weighted by Gasteiger charge is 2.18. The Hall–Kier alpha value is -1.61. The molecule has 0 radical (unpaired) electrons. The van der Waals surface area contributed by atoms with E-state index >= 15 is 0 Å². The number of methoxy groups -OCH3 is 1. The molecule has 1 aromatic rings. The van der Waals surface area contributed by atoms with Gasteiger partial charge in [-0.05, 0) is 43.8 Å². The number of ether oxygens (including phenoxy) is 1. The van der Waals surface area contributed by atoms with Crippen molar-refractivity contribution < 1.29 is 17.9 Å². The molecule has 1 saturated heterocycles. The molecule has 0 bridgehead atoms. The van der Waals surface area contributed by atoms with E-state index in [0.29, 0.717) is 12.1 Å². The zero-order valence-corrected chi connectivity index (χ0v) is 16.0. The molecule has 9 heteroatoms. The lowest BCUT2D eigenvalue weighted by Crippen LogP contribution is -2.32. The van der Waals surface area contributed by atoms with Crippen LogP contribution in [0.4, 0.5) is 0 Å². The fraction of sp³-hybridized carbons (Fsp3) is 0.438. The Morgan fingerprint density at radius 2 is 2.08 bits per heavy atom. The number of nitrogens with zero attached hydrogens (tertiary/aromatic N) is 1. The van der Waals surface area contributed by atoms with Crippen molar-refractivity contribution in [2.45, 2.75) is 11.3 Å². The van der Waals surface area contributed by atoms with Crippen molar-refractivity contribution in [2.75, 3.05) is 40.3 Å². The van der Waals surface area contributed by atoms with Gasteiger partial charge in [-0.1, -0.05) is 6.07 Å². The average molecular weight is 390 g/mol. The van der Waals surface area contributed by atoms with Crippen molar-refractivity contribution >= 4 is 34.4 Å². The molecule has 2 rings (SSSR count). The minimum atomic E-state index is -3.64. The van der Waals surface area contributed by atoms with Crippen LogP contribution in [-0.2, 0) is 14.8 Å². The van der Waals surface area contributed by atoms with E-state index in [-0.39, 0.29) is 29.0 Å². The van der Waals surface area contributed by atoms with E-state index in [1.54, 1.807) is 23.1 Å². The van der Waals surface area contributed by atoms with Crippen LogP contribution >= 0.6 is 12.4 Å². The topological polar surface area (TPSA) is 87.7 Å². The van der Waals surface area contributed by atoms with Gasteiger partial charge in [-0.3, -0.25) is 4.79 Å². The van der Waals surface area contributed by atoms with Gasteiger partial charge in [0, 0.05) is 25.7 Å². The highest BCUT2D eigenvalue weighted by molar-refractivity contribution is 7.89. The largest absolute Gasteiger partial charge is 0.495 e. The number of hydrogen-bond donors (Lipinski definition) is 2. The summed E-state index contributed by atoms with van der Waals surface area (Å²) in [5.41, 5.74) is 0.617. The first-order valence-electron chi connectivity index (χ1n) is 7.77. The molecule has 0 atom stereocenters. The average Bonchev–Trinajstić information content (AvgIpc) is 2.88. The first-order valence-corrected chi connectivity index (χ1v) is 9.25. The van der Waals surface area contributed by atoms with Gasteiger partial charge in [0.2, 0.25) is 15.9 Å². The molecular formula is C16H24ClN3O4S. The second-order valence-electron chi connectivity index (χ2n) is 5.38. The van der Waals surface area contributed by atoms with Crippen LogP contribution in [0.25, 0.3) is 6.08 Å². The van der Waals surface area contributed by atoms with E-state index in [1.807, 2.05) is 0 Å². The Balaban J connectivity index is 0.00000312. The number of benzene rings is 1. The molecule has 2 N–H and O–H groups in total. The van der Waals surface area contributed by atoms with Gasteiger partial charge in [0.25, 0.3) is 0 Å². The Morgan fingerprint density at radius 1 is 1.32 bits per heavy atom.